The fourth-order valence-corrected chi connectivity index (χ4v) is 3.40. The van der Waals surface area contributed by atoms with Gasteiger partial charge in [-0.15, -0.1) is 0 Å². The number of amides is 1. The van der Waals surface area contributed by atoms with Crippen LogP contribution in [-0.4, -0.2) is 56.7 Å². The Balaban J connectivity index is 1.60. The van der Waals surface area contributed by atoms with Crippen molar-refractivity contribution in [2.75, 3.05) is 56.2 Å². The Morgan fingerprint density at radius 2 is 2.04 bits per heavy atom. The van der Waals surface area contributed by atoms with E-state index in [-0.39, 0.29) is 5.91 Å². The van der Waals surface area contributed by atoms with Gasteiger partial charge in [0.15, 0.2) is 0 Å². The van der Waals surface area contributed by atoms with E-state index in [0.29, 0.717) is 12.5 Å². The molecule has 0 bridgehead atoms. The van der Waals surface area contributed by atoms with Crippen molar-refractivity contribution in [3.8, 4) is 0 Å². The Hall–Kier alpha value is -1.75. The van der Waals surface area contributed by atoms with Gasteiger partial charge in [-0.3, -0.25) is 4.79 Å². The summed E-state index contributed by atoms with van der Waals surface area (Å²) in [5, 5.41) is 3.35. The summed E-state index contributed by atoms with van der Waals surface area (Å²) in [6, 6.07) is 8.22. The zero-order chi connectivity index (χ0) is 16.1. The molecule has 5 nitrogen and oxygen atoms in total. The van der Waals surface area contributed by atoms with Crippen molar-refractivity contribution in [2.45, 2.75) is 19.8 Å². The van der Waals surface area contributed by atoms with Crippen LogP contribution in [0.3, 0.4) is 0 Å². The van der Waals surface area contributed by atoms with E-state index >= 15 is 0 Å². The summed E-state index contributed by atoms with van der Waals surface area (Å²) in [6.45, 7) is 7.71. The highest BCUT2D eigenvalue weighted by Crippen LogP contribution is 2.26. The number of piperidine rings is 1. The third-order valence-electron chi connectivity index (χ3n) is 4.70. The molecule has 2 heterocycles. The molecule has 23 heavy (non-hydrogen) atoms. The summed E-state index contributed by atoms with van der Waals surface area (Å²) in [6.07, 6.45) is 2.36. The third kappa shape index (κ3) is 4.16. The Morgan fingerprint density at radius 1 is 1.26 bits per heavy atom. The molecule has 2 saturated heterocycles. The molecule has 0 radical (unpaired) electrons. The number of carbonyl (C=O) groups excluding carboxylic acids is 1. The number of hydrogen-bond donors (Lipinski definition) is 1. The lowest BCUT2D eigenvalue weighted by Gasteiger charge is -2.32. The van der Waals surface area contributed by atoms with Crippen LogP contribution in [0.25, 0.3) is 0 Å². The molecule has 0 saturated carbocycles. The Labute approximate surface area is 138 Å². The molecule has 0 spiro atoms. The van der Waals surface area contributed by atoms with E-state index < -0.39 is 0 Å². The van der Waals surface area contributed by atoms with Crippen LogP contribution in [0.5, 0.6) is 0 Å². The molecule has 1 amide bonds. The first-order valence-corrected chi connectivity index (χ1v) is 8.67. The number of nitrogens with one attached hydrogen (secondary N) is 1. The zero-order valence-electron chi connectivity index (χ0n) is 14.0. The van der Waals surface area contributed by atoms with Crippen LogP contribution in [0, 0.1) is 5.92 Å². The van der Waals surface area contributed by atoms with E-state index in [1.807, 2.05) is 17.0 Å². The number of nitrogens with zero attached hydrogens (tertiary/aromatic N) is 2. The standard InChI is InChI=1S/C18H27N3O2/c1-15-5-4-8-21(14-15)18(22)13-19-16-6-2-3-7-17(16)20-9-11-23-12-10-20/h2-3,6-7,15,19H,4-5,8-14H2,1H3. The Bertz CT molecular complexity index is 529. The van der Waals surface area contributed by atoms with Crippen molar-refractivity contribution in [3.05, 3.63) is 24.3 Å². The number of morpholine rings is 1. The molecule has 1 unspecified atom stereocenters. The number of rotatable bonds is 4. The van der Waals surface area contributed by atoms with Gasteiger partial charge in [-0.25, -0.2) is 0 Å². The highest BCUT2D eigenvalue weighted by molar-refractivity contribution is 5.83. The lowest BCUT2D eigenvalue weighted by Crippen LogP contribution is -2.42. The van der Waals surface area contributed by atoms with Crippen molar-refractivity contribution in [1.82, 2.24) is 4.90 Å². The van der Waals surface area contributed by atoms with Crippen molar-refractivity contribution in [3.63, 3.8) is 0 Å². The summed E-state index contributed by atoms with van der Waals surface area (Å²) >= 11 is 0. The molecule has 2 aliphatic rings. The molecule has 0 aliphatic carbocycles. The van der Waals surface area contributed by atoms with E-state index in [0.717, 1.165) is 57.2 Å². The van der Waals surface area contributed by atoms with E-state index in [4.69, 9.17) is 4.74 Å². The smallest absolute Gasteiger partial charge is 0.241 e. The van der Waals surface area contributed by atoms with E-state index in [9.17, 15) is 4.79 Å². The van der Waals surface area contributed by atoms with E-state index in [1.54, 1.807) is 0 Å². The number of anilines is 2. The average Bonchev–Trinajstić information content (AvgIpc) is 2.60. The number of benzene rings is 1. The first-order chi connectivity index (χ1) is 11.2. The predicted molar refractivity (Wildman–Crippen MR) is 92.9 cm³/mol. The maximum atomic E-state index is 12.4. The topological polar surface area (TPSA) is 44.8 Å². The molecular formula is C18H27N3O2. The highest BCUT2D eigenvalue weighted by atomic mass is 16.5. The van der Waals surface area contributed by atoms with Crippen molar-refractivity contribution in [2.24, 2.45) is 5.92 Å². The van der Waals surface area contributed by atoms with Crippen LogP contribution in [0.2, 0.25) is 0 Å². The molecule has 2 aliphatic heterocycles. The number of hydrogen-bond acceptors (Lipinski definition) is 4. The summed E-state index contributed by atoms with van der Waals surface area (Å²) in [4.78, 5) is 16.8. The molecule has 0 aromatic heterocycles. The van der Waals surface area contributed by atoms with Gasteiger partial charge in [-0.1, -0.05) is 19.1 Å². The lowest BCUT2D eigenvalue weighted by atomic mass is 10.0. The van der Waals surface area contributed by atoms with Gasteiger partial charge in [-0.2, -0.15) is 0 Å². The van der Waals surface area contributed by atoms with Gasteiger partial charge in [0.25, 0.3) is 0 Å². The van der Waals surface area contributed by atoms with Gasteiger partial charge in [0.05, 0.1) is 31.1 Å². The number of likely N-dealkylation sites (tertiary alicyclic amines) is 1. The maximum Gasteiger partial charge on any atom is 0.241 e. The minimum Gasteiger partial charge on any atom is -0.378 e. The monoisotopic (exact) mass is 317 g/mol. The second kappa shape index (κ2) is 7.68. The highest BCUT2D eigenvalue weighted by Gasteiger charge is 2.21. The van der Waals surface area contributed by atoms with Crippen molar-refractivity contribution < 1.29 is 9.53 Å². The molecule has 1 aromatic rings. The quantitative estimate of drug-likeness (QED) is 0.925. The van der Waals surface area contributed by atoms with Crippen LogP contribution in [0.4, 0.5) is 11.4 Å². The lowest BCUT2D eigenvalue weighted by molar-refractivity contribution is -0.130. The maximum absolute atomic E-state index is 12.4. The van der Waals surface area contributed by atoms with E-state index in [1.165, 1.54) is 6.42 Å². The SMILES string of the molecule is CC1CCCN(C(=O)CNc2ccccc2N2CCOCC2)C1. The Morgan fingerprint density at radius 3 is 2.83 bits per heavy atom. The van der Waals surface area contributed by atoms with Crippen LogP contribution < -0.4 is 10.2 Å². The molecule has 126 valence electrons. The minimum absolute atomic E-state index is 0.202. The number of ether oxygens (including phenoxy) is 1. The molecule has 3 rings (SSSR count). The Kier molecular flexibility index (Phi) is 5.39. The van der Waals surface area contributed by atoms with Crippen LogP contribution in [0.1, 0.15) is 19.8 Å². The van der Waals surface area contributed by atoms with Gasteiger partial charge < -0.3 is 19.9 Å². The fourth-order valence-electron chi connectivity index (χ4n) is 3.40. The number of carbonyl (C=O) groups is 1. The van der Waals surface area contributed by atoms with Crippen LogP contribution >= 0.6 is 0 Å². The second-order valence-corrected chi connectivity index (χ2v) is 6.56. The molecule has 5 heteroatoms. The van der Waals surface area contributed by atoms with Crippen molar-refractivity contribution in [1.29, 1.82) is 0 Å². The van der Waals surface area contributed by atoms with Crippen molar-refractivity contribution >= 4 is 17.3 Å². The van der Waals surface area contributed by atoms with E-state index in [2.05, 4.69) is 29.3 Å². The minimum atomic E-state index is 0.202. The predicted octanol–water partition coefficient (Wildman–Crippen LogP) is 2.19. The average molecular weight is 317 g/mol. The fraction of sp³-hybridized carbons (Fsp3) is 0.611. The number of para-hydroxylation sites is 2. The van der Waals surface area contributed by atoms with Gasteiger partial charge in [0.2, 0.25) is 5.91 Å². The zero-order valence-corrected chi connectivity index (χ0v) is 14.0. The summed E-state index contributed by atoms with van der Waals surface area (Å²) in [7, 11) is 0. The molecule has 2 fully saturated rings. The summed E-state index contributed by atoms with van der Waals surface area (Å²) in [5.41, 5.74) is 2.20. The van der Waals surface area contributed by atoms with Gasteiger partial charge in [0.1, 0.15) is 0 Å². The van der Waals surface area contributed by atoms with Gasteiger partial charge in [-0.05, 0) is 30.9 Å². The summed E-state index contributed by atoms with van der Waals surface area (Å²) in [5.74, 6) is 0.821. The second-order valence-electron chi connectivity index (χ2n) is 6.56. The van der Waals surface area contributed by atoms with Gasteiger partial charge >= 0.3 is 0 Å². The van der Waals surface area contributed by atoms with Gasteiger partial charge in [0, 0.05) is 26.2 Å². The first kappa shape index (κ1) is 16.1. The van der Waals surface area contributed by atoms with Crippen LogP contribution in [0.15, 0.2) is 24.3 Å². The largest absolute Gasteiger partial charge is 0.378 e. The molecule has 1 N–H and O–H groups in total. The summed E-state index contributed by atoms with van der Waals surface area (Å²) < 4.78 is 5.43. The molecule has 1 atom stereocenters. The third-order valence-corrected chi connectivity index (χ3v) is 4.70. The normalized spacial score (nSPS) is 22.0. The first-order valence-electron chi connectivity index (χ1n) is 8.67. The van der Waals surface area contributed by atoms with Crippen LogP contribution in [-0.2, 0) is 9.53 Å². The molecule has 1 aromatic carbocycles. The molecular weight excluding hydrogens is 290 g/mol.